The summed E-state index contributed by atoms with van der Waals surface area (Å²) in [6.45, 7) is 6.07. The molecule has 5 nitrogen and oxygen atoms in total. The van der Waals surface area contributed by atoms with Crippen LogP contribution in [0.1, 0.15) is 39.2 Å². The lowest BCUT2D eigenvalue weighted by Gasteiger charge is -2.28. The van der Waals surface area contributed by atoms with E-state index < -0.39 is 23.4 Å². The van der Waals surface area contributed by atoms with Crippen molar-refractivity contribution in [1.82, 2.24) is 4.90 Å². The number of nitrogen functional groups attached to an aromatic ring is 1. The van der Waals surface area contributed by atoms with E-state index in [0.29, 0.717) is 6.54 Å². The second-order valence-electron chi connectivity index (χ2n) is 7.03. The number of hydrogen-bond donors (Lipinski definition) is 1. The summed E-state index contributed by atoms with van der Waals surface area (Å²) in [5.74, 6) is 0.170. The van der Waals surface area contributed by atoms with E-state index in [9.17, 15) is 18.0 Å². The van der Waals surface area contributed by atoms with E-state index in [1.807, 2.05) is 0 Å². The predicted octanol–water partition coefficient (Wildman–Crippen LogP) is 4.07. The average molecular weight is 360 g/mol. The zero-order valence-corrected chi connectivity index (χ0v) is 14.5. The molecule has 0 saturated carbocycles. The van der Waals surface area contributed by atoms with Gasteiger partial charge in [0.2, 0.25) is 0 Å². The van der Waals surface area contributed by atoms with Crippen LogP contribution in [0.4, 0.5) is 23.7 Å². The fourth-order valence-electron chi connectivity index (χ4n) is 2.61. The summed E-state index contributed by atoms with van der Waals surface area (Å²) >= 11 is 0. The number of halogens is 3. The normalized spacial score (nSPS) is 18.3. The van der Waals surface area contributed by atoms with Gasteiger partial charge in [0.25, 0.3) is 0 Å². The van der Waals surface area contributed by atoms with E-state index in [0.717, 1.165) is 25.0 Å². The lowest BCUT2D eigenvalue weighted by molar-refractivity contribution is -0.137. The molecule has 1 unspecified atom stereocenters. The standard InChI is InChI=1S/C17H23F3N2O3/c1-16(2,3)25-15(23)22-8-4-5-12(22)10-24-14-7-6-11(9-13(14)21)17(18,19)20/h6-7,9,12H,4-5,8,10,21H2,1-3H3. The SMILES string of the molecule is CC(C)(C)OC(=O)N1CCCC1COc1ccc(C(F)(F)F)cc1N. The number of amides is 1. The van der Waals surface area contributed by atoms with Gasteiger partial charge in [-0.05, 0) is 51.8 Å². The Bertz CT molecular complexity index is 627. The molecular weight excluding hydrogens is 337 g/mol. The van der Waals surface area contributed by atoms with Crippen molar-refractivity contribution in [3.63, 3.8) is 0 Å². The summed E-state index contributed by atoms with van der Waals surface area (Å²) in [5, 5.41) is 0. The summed E-state index contributed by atoms with van der Waals surface area (Å²) in [6.07, 6.45) is -3.32. The number of rotatable bonds is 3. The highest BCUT2D eigenvalue weighted by Gasteiger charge is 2.33. The summed E-state index contributed by atoms with van der Waals surface area (Å²) in [6, 6.07) is 2.77. The lowest BCUT2D eigenvalue weighted by atomic mass is 10.2. The Morgan fingerprint density at radius 3 is 2.56 bits per heavy atom. The van der Waals surface area contributed by atoms with Crippen LogP contribution in [-0.4, -0.2) is 35.8 Å². The number of nitrogens with zero attached hydrogens (tertiary/aromatic N) is 1. The Kier molecular flexibility index (Phi) is 5.39. The molecule has 1 aliphatic heterocycles. The average Bonchev–Trinajstić information content (AvgIpc) is 2.91. The molecule has 1 atom stereocenters. The first-order valence-electron chi connectivity index (χ1n) is 8.06. The number of hydrogen-bond acceptors (Lipinski definition) is 4. The maximum atomic E-state index is 12.7. The third-order valence-corrected chi connectivity index (χ3v) is 3.77. The molecule has 0 radical (unpaired) electrons. The van der Waals surface area contributed by atoms with Crippen molar-refractivity contribution < 1.29 is 27.4 Å². The van der Waals surface area contributed by atoms with Crippen LogP contribution in [0.2, 0.25) is 0 Å². The maximum absolute atomic E-state index is 12.7. The molecule has 0 bridgehead atoms. The lowest BCUT2D eigenvalue weighted by Crippen LogP contribution is -2.42. The molecule has 2 N–H and O–H groups in total. The van der Waals surface area contributed by atoms with Gasteiger partial charge in [0.15, 0.2) is 0 Å². The molecule has 1 aromatic rings. The first kappa shape index (κ1) is 19.2. The van der Waals surface area contributed by atoms with Crippen LogP contribution >= 0.6 is 0 Å². The summed E-state index contributed by atoms with van der Waals surface area (Å²) in [7, 11) is 0. The molecule has 1 aromatic carbocycles. The van der Waals surface area contributed by atoms with Crippen LogP contribution in [0.5, 0.6) is 5.75 Å². The number of benzene rings is 1. The Balaban J connectivity index is 1.99. The fourth-order valence-corrected chi connectivity index (χ4v) is 2.61. The van der Waals surface area contributed by atoms with Crippen molar-refractivity contribution in [2.75, 3.05) is 18.9 Å². The first-order valence-corrected chi connectivity index (χ1v) is 8.06. The molecule has 140 valence electrons. The highest BCUT2D eigenvalue weighted by atomic mass is 19.4. The zero-order valence-electron chi connectivity index (χ0n) is 14.5. The largest absolute Gasteiger partial charge is 0.489 e. The summed E-state index contributed by atoms with van der Waals surface area (Å²) in [4.78, 5) is 13.8. The van der Waals surface area contributed by atoms with Gasteiger partial charge in [-0.1, -0.05) is 0 Å². The summed E-state index contributed by atoms with van der Waals surface area (Å²) < 4.78 is 48.9. The van der Waals surface area contributed by atoms with E-state index >= 15 is 0 Å². The van der Waals surface area contributed by atoms with Crippen molar-refractivity contribution in [1.29, 1.82) is 0 Å². The maximum Gasteiger partial charge on any atom is 0.416 e. The highest BCUT2D eigenvalue weighted by Crippen LogP contribution is 2.34. The van der Waals surface area contributed by atoms with Gasteiger partial charge in [0.05, 0.1) is 17.3 Å². The molecule has 25 heavy (non-hydrogen) atoms. The Hall–Kier alpha value is -2.12. The molecule has 1 fully saturated rings. The van der Waals surface area contributed by atoms with E-state index in [4.69, 9.17) is 15.2 Å². The number of nitrogens with two attached hydrogens (primary N) is 1. The summed E-state index contributed by atoms with van der Waals surface area (Å²) in [5.41, 5.74) is 4.14. The van der Waals surface area contributed by atoms with Crippen LogP contribution < -0.4 is 10.5 Å². The quantitative estimate of drug-likeness (QED) is 0.826. The monoisotopic (exact) mass is 360 g/mol. The minimum Gasteiger partial charge on any atom is -0.489 e. The van der Waals surface area contributed by atoms with Crippen molar-refractivity contribution in [2.45, 2.75) is 51.4 Å². The Morgan fingerprint density at radius 2 is 2.00 bits per heavy atom. The predicted molar refractivity (Wildman–Crippen MR) is 87.3 cm³/mol. The molecule has 8 heteroatoms. The smallest absolute Gasteiger partial charge is 0.416 e. The number of alkyl halides is 3. The Labute approximate surface area is 144 Å². The first-order chi connectivity index (χ1) is 11.5. The van der Waals surface area contributed by atoms with Gasteiger partial charge in [-0.15, -0.1) is 0 Å². The van der Waals surface area contributed by atoms with E-state index in [2.05, 4.69) is 0 Å². The van der Waals surface area contributed by atoms with Gasteiger partial charge in [-0.25, -0.2) is 4.79 Å². The van der Waals surface area contributed by atoms with Crippen molar-refractivity contribution in [2.24, 2.45) is 0 Å². The van der Waals surface area contributed by atoms with E-state index in [1.54, 1.807) is 25.7 Å². The number of ether oxygens (including phenoxy) is 2. The van der Waals surface area contributed by atoms with E-state index in [-0.39, 0.29) is 24.1 Å². The Morgan fingerprint density at radius 1 is 1.32 bits per heavy atom. The van der Waals surface area contributed by atoms with Crippen LogP contribution in [-0.2, 0) is 10.9 Å². The van der Waals surface area contributed by atoms with Crippen LogP contribution in [0, 0.1) is 0 Å². The second kappa shape index (κ2) is 7.01. The van der Waals surface area contributed by atoms with Gasteiger partial charge in [-0.3, -0.25) is 0 Å². The molecule has 1 amide bonds. The number of carbonyl (C=O) groups is 1. The van der Waals surface area contributed by atoms with Crippen LogP contribution in [0.15, 0.2) is 18.2 Å². The third kappa shape index (κ3) is 5.17. The molecule has 0 aliphatic carbocycles. The van der Waals surface area contributed by atoms with Crippen molar-refractivity contribution in [3.05, 3.63) is 23.8 Å². The van der Waals surface area contributed by atoms with Gasteiger partial charge in [0.1, 0.15) is 18.0 Å². The number of likely N-dealkylation sites (tertiary alicyclic amines) is 1. The molecule has 1 saturated heterocycles. The van der Waals surface area contributed by atoms with Gasteiger partial charge in [-0.2, -0.15) is 13.2 Å². The molecule has 0 aromatic heterocycles. The zero-order chi connectivity index (χ0) is 18.8. The number of carbonyl (C=O) groups excluding carboxylic acids is 1. The fraction of sp³-hybridized carbons (Fsp3) is 0.588. The second-order valence-corrected chi connectivity index (χ2v) is 7.03. The van der Waals surface area contributed by atoms with Crippen molar-refractivity contribution in [3.8, 4) is 5.75 Å². The molecule has 2 rings (SSSR count). The van der Waals surface area contributed by atoms with Crippen molar-refractivity contribution >= 4 is 11.8 Å². The number of anilines is 1. The van der Waals surface area contributed by atoms with Gasteiger partial charge in [0, 0.05) is 6.54 Å². The van der Waals surface area contributed by atoms with Gasteiger partial charge >= 0.3 is 12.3 Å². The van der Waals surface area contributed by atoms with Gasteiger partial charge < -0.3 is 20.1 Å². The van der Waals surface area contributed by atoms with Crippen LogP contribution in [0.25, 0.3) is 0 Å². The molecule has 0 spiro atoms. The minimum absolute atomic E-state index is 0.0864. The highest BCUT2D eigenvalue weighted by molar-refractivity contribution is 5.69. The van der Waals surface area contributed by atoms with Crippen LogP contribution in [0.3, 0.4) is 0 Å². The molecule has 1 aliphatic rings. The minimum atomic E-state index is -4.45. The molecule has 1 heterocycles. The van der Waals surface area contributed by atoms with E-state index in [1.165, 1.54) is 6.07 Å². The topological polar surface area (TPSA) is 64.8 Å². The third-order valence-electron chi connectivity index (χ3n) is 3.77. The molecular formula is C17H23F3N2O3.